The van der Waals surface area contributed by atoms with Crippen LogP contribution in [0.5, 0.6) is 5.75 Å². The van der Waals surface area contributed by atoms with Gasteiger partial charge in [0.05, 0.1) is 17.3 Å². The molecule has 0 atom stereocenters. The third-order valence-corrected chi connectivity index (χ3v) is 3.31. The van der Waals surface area contributed by atoms with Crippen molar-refractivity contribution in [1.82, 2.24) is 0 Å². The lowest BCUT2D eigenvalue weighted by molar-refractivity contribution is 0.102. The largest absolute Gasteiger partial charge is 0.494 e. The average Bonchev–Trinajstić information content (AvgIpc) is 2.50. The van der Waals surface area contributed by atoms with Crippen LogP contribution >= 0.6 is 11.6 Å². The number of carbonyl (C=O) groups is 1. The van der Waals surface area contributed by atoms with Crippen LogP contribution in [0, 0.1) is 0 Å². The topological polar surface area (TPSA) is 38.3 Å². The summed E-state index contributed by atoms with van der Waals surface area (Å²) in [5.41, 5.74) is 1.14. The second-order valence-electron chi connectivity index (χ2n) is 4.66. The fourth-order valence-corrected chi connectivity index (χ4v) is 2.00. The number of halogens is 1. The van der Waals surface area contributed by atoms with E-state index in [9.17, 15) is 4.79 Å². The molecule has 0 saturated heterocycles. The Balaban J connectivity index is 2.05. The zero-order chi connectivity index (χ0) is 15.1. The molecule has 1 amide bonds. The van der Waals surface area contributed by atoms with Crippen LogP contribution in [0.2, 0.25) is 5.02 Å². The van der Waals surface area contributed by atoms with E-state index in [0.29, 0.717) is 28.6 Å². The molecule has 1 N–H and O–H groups in total. The van der Waals surface area contributed by atoms with Crippen LogP contribution in [0.25, 0.3) is 0 Å². The Kier molecular flexibility index (Phi) is 5.64. The molecule has 0 aliphatic heterocycles. The van der Waals surface area contributed by atoms with Gasteiger partial charge < -0.3 is 10.1 Å². The Morgan fingerprint density at radius 3 is 2.76 bits per heavy atom. The van der Waals surface area contributed by atoms with Gasteiger partial charge in [-0.1, -0.05) is 43.1 Å². The fourth-order valence-electron chi connectivity index (χ4n) is 1.82. The minimum Gasteiger partial charge on any atom is -0.494 e. The van der Waals surface area contributed by atoms with Crippen LogP contribution in [0.15, 0.2) is 48.5 Å². The van der Waals surface area contributed by atoms with Gasteiger partial charge in [0.2, 0.25) is 0 Å². The number of hydrogen-bond donors (Lipinski definition) is 1. The summed E-state index contributed by atoms with van der Waals surface area (Å²) in [6.45, 7) is 2.77. The summed E-state index contributed by atoms with van der Waals surface area (Å²) in [6.07, 6.45) is 2.07. The van der Waals surface area contributed by atoms with Gasteiger partial charge in [0.25, 0.3) is 5.91 Å². The van der Waals surface area contributed by atoms with E-state index < -0.39 is 0 Å². The van der Waals surface area contributed by atoms with E-state index in [1.54, 1.807) is 24.3 Å². The molecule has 2 aromatic rings. The number of nitrogens with one attached hydrogen (secondary N) is 1. The number of para-hydroxylation sites is 1. The van der Waals surface area contributed by atoms with Crippen LogP contribution in [0.4, 0.5) is 5.69 Å². The standard InChI is InChI=1S/C17H18ClNO2/c1-2-3-11-21-14-8-6-7-13(12-14)17(20)19-16-10-5-4-9-15(16)18/h4-10,12H,2-3,11H2,1H3,(H,19,20). The van der Waals surface area contributed by atoms with E-state index in [4.69, 9.17) is 16.3 Å². The summed E-state index contributed by atoms with van der Waals surface area (Å²) in [5.74, 6) is 0.499. The Bertz CT molecular complexity index is 613. The zero-order valence-electron chi connectivity index (χ0n) is 11.9. The lowest BCUT2D eigenvalue weighted by atomic mass is 10.2. The SMILES string of the molecule is CCCCOc1cccc(C(=O)Nc2ccccc2Cl)c1. The number of hydrogen-bond acceptors (Lipinski definition) is 2. The Labute approximate surface area is 129 Å². The molecule has 2 rings (SSSR count). The molecule has 0 unspecified atom stereocenters. The van der Waals surface area contributed by atoms with Gasteiger partial charge in [-0.2, -0.15) is 0 Å². The summed E-state index contributed by atoms with van der Waals surface area (Å²) in [6, 6.07) is 14.3. The van der Waals surface area contributed by atoms with Gasteiger partial charge in [0, 0.05) is 5.56 Å². The summed E-state index contributed by atoms with van der Waals surface area (Å²) in [7, 11) is 0. The summed E-state index contributed by atoms with van der Waals surface area (Å²) < 4.78 is 5.61. The monoisotopic (exact) mass is 303 g/mol. The molecule has 21 heavy (non-hydrogen) atoms. The number of ether oxygens (including phenoxy) is 1. The second-order valence-corrected chi connectivity index (χ2v) is 5.07. The number of carbonyl (C=O) groups excluding carboxylic acids is 1. The Morgan fingerprint density at radius 2 is 2.00 bits per heavy atom. The maximum atomic E-state index is 12.2. The van der Waals surface area contributed by atoms with Gasteiger partial charge in [0.15, 0.2) is 0 Å². The highest BCUT2D eigenvalue weighted by molar-refractivity contribution is 6.33. The first-order chi connectivity index (χ1) is 10.2. The molecule has 0 aliphatic rings. The predicted molar refractivity (Wildman–Crippen MR) is 86.3 cm³/mol. The van der Waals surface area contributed by atoms with Crippen LogP contribution in [-0.2, 0) is 0 Å². The molecular weight excluding hydrogens is 286 g/mol. The first kappa shape index (κ1) is 15.4. The van der Waals surface area contributed by atoms with E-state index >= 15 is 0 Å². The summed E-state index contributed by atoms with van der Waals surface area (Å²) in [5, 5.41) is 3.31. The Hall–Kier alpha value is -2.00. The molecule has 4 heteroatoms. The highest BCUT2D eigenvalue weighted by Gasteiger charge is 2.09. The molecule has 0 spiro atoms. The van der Waals surface area contributed by atoms with Crippen molar-refractivity contribution in [3.8, 4) is 5.75 Å². The molecule has 3 nitrogen and oxygen atoms in total. The van der Waals surface area contributed by atoms with E-state index in [1.807, 2.05) is 24.3 Å². The number of amides is 1. The Morgan fingerprint density at radius 1 is 1.19 bits per heavy atom. The smallest absolute Gasteiger partial charge is 0.255 e. The molecule has 0 aliphatic carbocycles. The molecule has 0 heterocycles. The molecule has 0 saturated carbocycles. The van der Waals surface area contributed by atoms with Crippen LogP contribution in [0.1, 0.15) is 30.1 Å². The van der Waals surface area contributed by atoms with Gasteiger partial charge in [-0.15, -0.1) is 0 Å². The molecule has 0 bridgehead atoms. The summed E-state index contributed by atoms with van der Waals surface area (Å²) >= 11 is 6.03. The molecule has 0 aromatic heterocycles. The molecular formula is C17H18ClNO2. The zero-order valence-corrected chi connectivity index (χ0v) is 12.7. The van der Waals surface area contributed by atoms with Gasteiger partial charge in [-0.05, 0) is 36.8 Å². The molecule has 0 radical (unpaired) electrons. The van der Waals surface area contributed by atoms with Crippen molar-refractivity contribution in [2.45, 2.75) is 19.8 Å². The third-order valence-electron chi connectivity index (χ3n) is 2.98. The lowest BCUT2D eigenvalue weighted by Crippen LogP contribution is -2.12. The van der Waals surface area contributed by atoms with Crippen molar-refractivity contribution in [1.29, 1.82) is 0 Å². The van der Waals surface area contributed by atoms with Crippen LogP contribution in [-0.4, -0.2) is 12.5 Å². The maximum absolute atomic E-state index is 12.2. The van der Waals surface area contributed by atoms with Crippen molar-refractivity contribution in [2.75, 3.05) is 11.9 Å². The fraction of sp³-hybridized carbons (Fsp3) is 0.235. The third kappa shape index (κ3) is 4.50. The van der Waals surface area contributed by atoms with Crippen molar-refractivity contribution < 1.29 is 9.53 Å². The quantitative estimate of drug-likeness (QED) is 0.781. The molecule has 110 valence electrons. The van der Waals surface area contributed by atoms with Gasteiger partial charge in [0.1, 0.15) is 5.75 Å². The van der Waals surface area contributed by atoms with E-state index in [1.165, 1.54) is 0 Å². The maximum Gasteiger partial charge on any atom is 0.255 e. The molecule has 0 fully saturated rings. The lowest BCUT2D eigenvalue weighted by Gasteiger charge is -2.09. The number of benzene rings is 2. The van der Waals surface area contributed by atoms with E-state index in [2.05, 4.69) is 12.2 Å². The first-order valence-corrected chi connectivity index (χ1v) is 7.37. The van der Waals surface area contributed by atoms with E-state index in [0.717, 1.165) is 12.8 Å². The van der Waals surface area contributed by atoms with Crippen molar-refractivity contribution in [3.05, 3.63) is 59.1 Å². The molecule has 2 aromatic carbocycles. The van der Waals surface area contributed by atoms with Crippen molar-refractivity contribution >= 4 is 23.2 Å². The second kappa shape index (κ2) is 7.70. The number of anilines is 1. The number of unbranched alkanes of at least 4 members (excludes halogenated alkanes) is 1. The van der Waals surface area contributed by atoms with E-state index in [-0.39, 0.29) is 5.91 Å². The van der Waals surface area contributed by atoms with Crippen LogP contribution in [0.3, 0.4) is 0 Å². The minimum atomic E-state index is -0.205. The van der Waals surface area contributed by atoms with Gasteiger partial charge in [-0.3, -0.25) is 4.79 Å². The van der Waals surface area contributed by atoms with Crippen molar-refractivity contribution in [2.24, 2.45) is 0 Å². The average molecular weight is 304 g/mol. The summed E-state index contributed by atoms with van der Waals surface area (Å²) in [4.78, 5) is 12.2. The highest BCUT2D eigenvalue weighted by Crippen LogP contribution is 2.22. The van der Waals surface area contributed by atoms with Gasteiger partial charge >= 0.3 is 0 Å². The normalized spacial score (nSPS) is 10.2. The first-order valence-electron chi connectivity index (χ1n) is 6.99. The van der Waals surface area contributed by atoms with Gasteiger partial charge in [-0.25, -0.2) is 0 Å². The van der Waals surface area contributed by atoms with Crippen LogP contribution < -0.4 is 10.1 Å². The highest BCUT2D eigenvalue weighted by atomic mass is 35.5. The predicted octanol–water partition coefficient (Wildman–Crippen LogP) is 4.77. The minimum absolute atomic E-state index is 0.205. The van der Waals surface area contributed by atoms with Crippen molar-refractivity contribution in [3.63, 3.8) is 0 Å². The number of rotatable bonds is 6.